The van der Waals surface area contributed by atoms with Crippen LogP contribution in [0.3, 0.4) is 0 Å². The molecule has 1 aliphatic rings. The van der Waals surface area contributed by atoms with Crippen molar-refractivity contribution in [3.05, 3.63) is 46.5 Å². The minimum absolute atomic E-state index is 0.138. The second-order valence-electron chi connectivity index (χ2n) is 6.15. The summed E-state index contributed by atoms with van der Waals surface area (Å²) in [5.41, 5.74) is 0. The van der Waals surface area contributed by atoms with Gasteiger partial charge in [0, 0.05) is 23.9 Å². The van der Waals surface area contributed by atoms with E-state index in [1.165, 1.54) is 4.88 Å². The Morgan fingerprint density at radius 2 is 2.12 bits per heavy atom. The van der Waals surface area contributed by atoms with E-state index in [9.17, 15) is 5.11 Å². The summed E-state index contributed by atoms with van der Waals surface area (Å²) in [5, 5.41) is 18.6. The maximum atomic E-state index is 9.65. The van der Waals surface area contributed by atoms with Crippen molar-refractivity contribution in [2.45, 2.75) is 50.8 Å². The van der Waals surface area contributed by atoms with Crippen molar-refractivity contribution >= 4 is 17.3 Å². The van der Waals surface area contributed by atoms with Crippen molar-refractivity contribution in [1.29, 1.82) is 0 Å². The van der Waals surface area contributed by atoms with Gasteiger partial charge in [-0.15, -0.1) is 11.3 Å². The monoisotopic (exact) mass is 347 g/mol. The first kappa shape index (κ1) is 17.0. The molecule has 1 aliphatic carbocycles. The zero-order chi connectivity index (χ0) is 16.6. The van der Waals surface area contributed by atoms with Crippen molar-refractivity contribution in [2.24, 2.45) is 4.99 Å². The first-order chi connectivity index (χ1) is 11.8. The molecule has 0 aromatic carbocycles. The van der Waals surface area contributed by atoms with Gasteiger partial charge in [-0.2, -0.15) is 0 Å². The third-order valence-corrected chi connectivity index (χ3v) is 5.12. The molecule has 130 valence electrons. The number of furan rings is 1. The molecule has 0 amide bonds. The van der Waals surface area contributed by atoms with Crippen LogP contribution in [0, 0.1) is 0 Å². The van der Waals surface area contributed by atoms with E-state index in [0.717, 1.165) is 50.4 Å². The number of hydrogen-bond donors (Lipinski definition) is 3. The summed E-state index contributed by atoms with van der Waals surface area (Å²) >= 11 is 1.72. The zero-order valence-electron chi connectivity index (χ0n) is 13.8. The molecule has 0 unspecified atom stereocenters. The Kier molecular flexibility index (Phi) is 6.32. The maximum absolute atomic E-state index is 9.65. The SMILES string of the molecule is OC1CCC(NC(=NCc2cccs2)NCCc2ccco2)CC1. The highest BCUT2D eigenvalue weighted by atomic mass is 32.1. The van der Waals surface area contributed by atoms with Gasteiger partial charge in [-0.3, -0.25) is 0 Å². The van der Waals surface area contributed by atoms with E-state index in [-0.39, 0.29) is 6.10 Å². The van der Waals surface area contributed by atoms with E-state index in [1.54, 1.807) is 17.6 Å². The molecule has 5 nitrogen and oxygen atoms in total. The lowest BCUT2D eigenvalue weighted by Gasteiger charge is -2.27. The number of nitrogens with zero attached hydrogens (tertiary/aromatic N) is 1. The van der Waals surface area contributed by atoms with Gasteiger partial charge in [0.25, 0.3) is 0 Å². The van der Waals surface area contributed by atoms with Gasteiger partial charge < -0.3 is 20.2 Å². The molecule has 2 aromatic heterocycles. The molecule has 2 heterocycles. The number of rotatable bonds is 6. The van der Waals surface area contributed by atoms with Crippen LogP contribution < -0.4 is 10.6 Å². The molecule has 0 spiro atoms. The Morgan fingerprint density at radius 3 is 2.83 bits per heavy atom. The molecule has 0 aliphatic heterocycles. The second kappa shape index (κ2) is 8.89. The van der Waals surface area contributed by atoms with Crippen molar-refractivity contribution in [2.75, 3.05) is 6.54 Å². The van der Waals surface area contributed by atoms with Crippen molar-refractivity contribution in [1.82, 2.24) is 10.6 Å². The molecule has 0 atom stereocenters. The quantitative estimate of drug-likeness (QED) is 0.555. The molecule has 3 rings (SSSR count). The highest BCUT2D eigenvalue weighted by Crippen LogP contribution is 2.18. The number of aliphatic hydroxyl groups is 1. The molecule has 0 radical (unpaired) electrons. The van der Waals surface area contributed by atoms with Crippen molar-refractivity contribution < 1.29 is 9.52 Å². The highest BCUT2D eigenvalue weighted by molar-refractivity contribution is 7.09. The molecule has 0 bridgehead atoms. The van der Waals surface area contributed by atoms with Crippen LogP contribution in [0.4, 0.5) is 0 Å². The van der Waals surface area contributed by atoms with E-state index >= 15 is 0 Å². The fourth-order valence-corrected chi connectivity index (χ4v) is 3.51. The average Bonchev–Trinajstić information content (AvgIpc) is 3.28. The Labute approximate surface area is 146 Å². The molecule has 3 N–H and O–H groups in total. The lowest BCUT2D eigenvalue weighted by molar-refractivity contribution is 0.120. The average molecular weight is 347 g/mol. The number of aliphatic hydroxyl groups excluding tert-OH is 1. The third kappa shape index (κ3) is 5.39. The standard InChI is InChI=1S/C18H25N3O2S/c22-15-7-5-14(6-8-15)21-18(20-13-17-4-2-12-24-17)19-10-9-16-3-1-11-23-16/h1-4,11-12,14-15,22H,5-10,13H2,(H2,19,20,21). The zero-order valence-corrected chi connectivity index (χ0v) is 14.6. The van der Waals surface area contributed by atoms with Crippen LogP contribution in [0.25, 0.3) is 0 Å². The predicted molar refractivity (Wildman–Crippen MR) is 97.3 cm³/mol. The van der Waals surface area contributed by atoms with Gasteiger partial charge in [0.05, 0.1) is 18.9 Å². The maximum Gasteiger partial charge on any atom is 0.191 e. The van der Waals surface area contributed by atoms with Gasteiger partial charge in [-0.05, 0) is 49.3 Å². The van der Waals surface area contributed by atoms with E-state index in [2.05, 4.69) is 28.1 Å². The number of thiophene rings is 1. The van der Waals surface area contributed by atoms with E-state index in [0.29, 0.717) is 12.6 Å². The minimum atomic E-state index is -0.138. The Hall–Kier alpha value is -1.79. The summed E-state index contributed by atoms with van der Waals surface area (Å²) in [6, 6.07) is 8.43. The molecule has 0 saturated heterocycles. The highest BCUT2D eigenvalue weighted by Gasteiger charge is 2.20. The van der Waals surface area contributed by atoms with Crippen LogP contribution in [0.5, 0.6) is 0 Å². The second-order valence-corrected chi connectivity index (χ2v) is 7.18. The van der Waals surface area contributed by atoms with E-state index in [4.69, 9.17) is 9.41 Å². The number of guanidine groups is 1. The van der Waals surface area contributed by atoms with Gasteiger partial charge in [-0.1, -0.05) is 6.07 Å². The third-order valence-electron chi connectivity index (χ3n) is 4.25. The largest absolute Gasteiger partial charge is 0.469 e. The summed E-state index contributed by atoms with van der Waals surface area (Å²) < 4.78 is 5.37. The summed E-state index contributed by atoms with van der Waals surface area (Å²) in [4.78, 5) is 5.96. The number of aliphatic imine (C=N–C) groups is 1. The van der Waals surface area contributed by atoms with Crippen LogP contribution in [0.1, 0.15) is 36.3 Å². The van der Waals surface area contributed by atoms with Gasteiger partial charge >= 0.3 is 0 Å². The molecule has 1 saturated carbocycles. The normalized spacial score (nSPS) is 21.6. The molecule has 1 fully saturated rings. The lowest BCUT2D eigenvalue weighted by Crippen LogP contribution is -2.45. The van der Waals surface area contributed by atoms with Gasteiger partial charge in [0.15, 0.2) is 5.96 Å². The molecular formula is C18H25N3O2S. The van der Waals surface area contributed by atoms with Crippen LogP contribution in [0.2, 0.25) is 0 Å². The van der Waals surface area contributed by atoms with Crippen molar-refractivity contribution in [3.63, 3.8) is 0 Å². The van der Waals surface area contributed by atoms with Crippen LogP contribution in [0.15, 0.2) is 45.3 Å². The summed E-state index contributed by atoms with van der Waals surface area (Å²) in [5.74, 6) is 1.82. The minimum Gasteiger partial charge on any atom is -0.469 e. The van der Waals surface area contributed by atoms with Crippen molar-refractivity contribution in [3.8, 4) is 0 Å². The fourth-order valence-electron chi connectivity index (χ4n) is 2.88. The van der Waals surface area contributed by atoms with Gasteiger partial charge in [0.2, 0.25) is 0 Å². The lowest BCUT2D eigenvalue weighted by atomic mass is 9.93. The summed E-state index contributed by atoms with van der Waals surface area (Å²) in [7, 11) is 0. The number of hydrogen-bond acceptors (Lipinski definition) is 4. The Bertz CT molecular complexity index is 602. The number of nitrogens with one attached hydrogen (secondary N) is 2. The predicted octanol–water partition coefficient (Wildman–Crippen LogP) is 2.92. The molecular weight excluding hydrogens is 322 g/mol. The fraction of sp³-hybridized carbons (Fsp3) is 0.500. The summed E-state index contributed by atoms with van der Waals surface area (Å²) in [6.45, 7) is 1.46. The topological polar surface area (TPSA) is 69.8 Å². The Morgan fingerprint density at radius 1 is 1.25 bits per heavy atom. The first-order valence-corrected chi connectivity index (χ1v) is 9.45. The molecule has 2 aromatic rings. The van der Waals surface area contributed by atoms with E-state index < -0.39 is 0 Å². The summed E-state index contributed by atoms with van der Waals surface area (Å²) in [6.07, 6.45) is 6.09. The van der Waals surface area contributed by atoms with E-state index in [1.807, 2.05) is 12.1 Å². The molecule has 6 heteroatoms. The van der Waals surface area contributed by atoms with Crippen LogP contribution in [-0.4, -0.2) is 29.8 Å². The van der Waals surface area contributed by atoms with Gasteiger partial charge in [0.1, 0.15) is 5.76 Å². The Balaban J connectivity index is 1.53. The first-order valence-electron chi connectivity index (χ1n) is 8.57. The molecule has 24 heavy (non-hydrogen) atoms. The van der Waals surface area contributed by atoms with Crippen LogP contribution in [-0.2, 0) is 13.0 Å². The van der Waals surface area contributed by atoms with Crippen LogP contribution >= 0.6 is 11.3 Å². The van der Waals surface area contributed by atoms with Gasteiger partial charge in [-0.25, -0.2) is 4.99 Å². The smallest absolute Gasteiger partial charge is 0.191 e.